The molecule has 0 amide bonds. The molecule has 4 nitrogen and oxygen atoms in total. The van der Waals surface area contributed by atoms with Gasteiger partial charge in [-0.15, -0.1) is 0 Å². The van der Waals surface area contributed by atoms with Gasteiger partial charge >= 0.3 is 0 Å². The topological polar surface area (TPSA) is 54.0 Å². The molecule has 0 atom stereocenters. The van der Waals surface area contributed by atoms with E-state index in [1.807, 2.05) is 35.9 Å². The van der Waals surface area contributed by atoms with Crippen molar-refractivity contribution < 1.29 is 0 Å². The van der Waals surface area contributed by atoms with Crippen LogP contribution < -0.4 is 0 Å². The molecule has 0 unspecified atom stereocenters. The Bertz CT molecular complexity index is 765. The number of imidazole rings is 1. The van der Waals surface area contributed by atoms with Gasteiger partial charge in [-0.2, -0.15) is 5.26 Å². The molecule has 0 N–H and O–H groups in total. The number of aromatic nitrogens is 3. The minimum atomic E-state index is 0.626. The van der Waals surface area contributed by atoms with E-state index in [1.165, 1.54) is 0 Å². The van der Waals surface area contributed by atoms with E-state index >= 15 is 0 Å². The fourth-order valence-corrected chi connectivity index (χ4v) is 2.00. The first-order valence-electron chi connectivity index (χ1n) is 5.58. The lowest BCUT2D eigenvalue weighted by Crippen LogP contribution is -1.89. The standard InChI is InChI=1S/C14H10N4/c1-10-8-18-9-12(2-3-14(18)17-10)13-7-16-5-4-11(13)6-15/h2-5,7-9H,1H3. The molecule has 3 aromatic heterocycles. The van der Waals surface area contributed by atoms with Crippen LogP contribution in [0.4, 0.5) is 0 Å². The number of fused-ring (bicyclic) bond motifs is 1. The number of aryl methyl sites for hydroxylation is 1. The van der Waals surface area contributed by atoms with Crippen LogP contribution in [0.2, 0.25) is 0 Å². The minimum absolute atomic E-state index is 0.626. The molecule has 86 valence electrons. The number of hydrogen-bond acceptors (Lipinski definition) is 3. The van der Waals surface area contributed by atoms with Crippen molar-refractivity contribution in [3.63, 3.8) is 0 Å². The van der Waals surface area contributed by atoms with E-state index < -0.39 is 0 Å². The smallest absolute Gasteiger partial charge is 0.136 e. The quantitative estimate of drug-likeness (QED) is 0.650. The van der Waals surface area contributed by atoms with Crippen LogP contribution in [-0.4, -0.2) is 14.4 Å². The van der Waals surface area contributed by atoms with E-state index in [0.29, 0.717) is 5.56 Å². The van der Waals surface area contributed by atoms with Crippen molar-refractivity contribution in [3.8, 4) is 17.2 Å². The number of hydrogen-bond donors (Lipinski definition) is 0. The monoisotopic (exact) mass is 234 g/mol. The van der Waals surface area contributed by atoms with Gasteiger partial charge in [0, 0.05) is 35.9 Å². The van der Waals surface area contributed by atoms with E-state index in [2.05, 4.69) is 16.0 Å². The Hall–Kier alpha value is -2.67. The van der Waals surface area contributed by atoms with Crippen LogP contribution in [0.5, 0.6) is 0 Å². The van der Waals surface area contributed by atoms with Crippen LogP contribution >= 0.6 is 0 Å². The van der Waals surface area contributed by atoms with Gasteiger partial charge < -0.3 is 4.40 Å². The molecule has 0 saturated carbocycles. The summed E-state index contributed by atoms with van der Waals surface area (Å²) in [6.45, 7) is 1.96. The van der Waals surface area contributed by atoms with Crippen molar-refractivity contribution in [2.24, 2.45) is 0 Å². The summed E-state index contributed by atoms with van der Waals surface area (Å²) in [4.78, 5) is 8.45. The summed E-state index contributed by atoms with van der Waals surface area (Å²) in [5.41, 5.74) is 4.30. The predicted octanol–water partition coefficient (Wildman–Crippen LogP) is 2.58. The van der Waals surface area contributed by atoms with Gasteiger partial charge in [0.15, 0.2) is 0 Å². The predicted molar refractivity (Wildman–Crippen MR) is 67.9 cm³/mol. The van der Waals surface area contributed by atoms with E-state index in [1.54, 1.807) is 18.5 Å². The fraction of sp³-hybridized carbons (Fsp3) is 0.0714. The molecule has 3 rings (SSSR count). The lowest BCUT2D eigenvalue weighted by Gasteiger charge is -2.03. The van der Waals surface area contributed by atoms with Gasteiger partial charge in [0.2, 0.25) is 0 Å². The highest BCUT2D eigenvalue weighted by atomic mass is 15.0. The maximum Gasteiger partial charge on any atom is 0.136 e. The number of nitriles is 1. The lowest BCUT2D eigenvalue weighted by atomic mass is 10.1. The van der Waals surface area contributed by atoms with Gasteiger partial charge in [-0.05, 0) is 25.1 Å². The maximum atomic E-state index is 9.10. The van der Waals surface area contributed by atoms with Crippen LogP contribution in [0.1, 0.15) is 11.3 Å². The molecule has 3 aromatic rings. The SMILES string of the molecule is Cc1cn2cc(-c3cnccc3C#N)ccc2n1. The second kappa shape index (κ2) is 3.97. The van der Waals surface area contributed by atoms with E-state index in [9.17, 15) is 0 Å². The molecular formula is C14H10N4. The van der Waals surface area contributed by atoms with E-state index in [4.69, 9.17) is 5.26 Å². The molecule has 0 aliphatic carbocycles. The van der Waals surface area contributed by atoms with Crippen molar-refractivity contribution in [2.45, 2.75) is 6.92 Å². The Morgan fingerprint density at radius 1 is 1.22 bits per heavy atom. The number of pyridine rings is 2. The summed E-state index contributed by atoms with van der Waals surface area (Å²) in [7, 11) is 0. The normalized spacial score (nSPS) is 10.4. The average Bonchev–Trinajstić information content (AvgIpc) is 2.77. The number of rotatable bonds is 1. The first-order chi connectivity index (χ1) is 8.78. The summed E-state index contributed by atoms with van der Waals surface area (Å²) in [6, 6.07) is 7.80. The summed E-state index contributed by atoms with van der Waals surface area (Å²) in [5, 5.41) is 9.10. The van der Waals surface area contributed by atoms with E-state index in [0.717, 1.165) is 22.5 Å². The third kappa shape index (κ3) is 1.62. The molecule has 0 aliphatic heterocycles. The van der Waals surface area contributed by atoms with E-state index in [-0.39, 0.29) is 0 Å². The Kier molecular flexibility index (Phi) is 2.31. The summed E-state index contributed by atoms with van der Waals surface area (Å²) >= 11 is 0. The van der Waals surface area contributed by atoms with Crippen molar-refractivity contribution in [1.82, 2.24) is 14.4 Å². The largest absolute Gasteiger partial charge is 0.306 e. The molecule has 0 aromatic carbocycles. The summed E-state index contributed by atoms with van der Waals surface area (Å²) in [5.74, 6) is 0. The first kappa shape index (κ1) is 10.5. The molecular weight excluding hydrogens is 224 g/mol. The third-order valence-corrected chi connectivity index (χ3v) is 2.82. The molecule has 0 radical (unpaired) electrons. The fourth-order valence-electron chi connectivity index (χ4n) is 2.00. The average molecular weight is 234 g/mol. The van der Waals surface area contributed by atoms with Gasteiger partial charge in [-0.3, -0.25) is 4.98 Å². The van der Waals surface area contributed by atoms with Gasteiger partial charge in [0.1, 0.15) is 5.65 Å². The van der Waals surface area contributed by atoms with Crippen molar-refractivity contribution in [1.29, 1.82) is 5.26 Å². The zero-order valence-electron chi connectivity index (χ0n) is 9.83. The first-order valence-corrected chi connectivity index (χ1v) is 5.58. The minimum Gasteiger partial charge on any atom is -0.306 e. The molecule has 0 bridgehead atoms. The molecule has 3 heterocycles. The van der Waals surface area contributed by atoms with Crippen LogP contribution in [0.25, 0.3) is 16.8 Å². The zero-order valence-corrected chi connectivity index (χ0v) is 9.83. The molecule has 0 aliphatic rings. The van der Waals surface area contributed by atoms with Crippen LogP contribution in [0.15, 0.2) is 43.0 Å². The van der Waals surface area contributed by atoms with Crippen LogP contribution in [-0.2, 0) is 0 Å². The van der Waals surface area contributed by atoms with Gasteiger partial charge in [0.05, 0.1) is 17.3 Å². The molecule has 0 saturated heterocycles. The van der Waals surface area contributed by atoms with Crippen molar-refractivity contribution >= 4 is 5.65 Å². The van der Waals surface area contributed by atoms with Crippen LogP contribution in [0, 0.1) is 18.3 Å². The summed E-state index contributed by atoms with van der Waals surface area (Å²) in [6.07, 6.45) is 7.26. The molecule has 18 heavy (non-hydrogen) atoms. The second-order valence-electron chi connectivity index (χ2n) is 4.10. The highest BCUT2D eigenvalue weighted by Gasteiger charge is 2.06. The molecule has 4 heteroatoms. The molecule has 0 spiro atoms. The Labute approximate surface area is 104 Å². The maximum absolute atomic E-state index is 9.10. The van der Waals surface area contributed by atoms with Crippen molar-refractivity contribution in [2.75, 3.05) is 0 Å². The second-order valence-corrected chi connectivity index (χ2v) is 4.10. The Balaban J connectivity index is 2.22. The lowest BCUT2D eigenvalue weighted by molar-refractivity contribution is 1.18. The Morgan fingerprint density at radius 3 is 2.94 bits per heavy atom. The van der Waals surface area contributed by atoms with Crippen molar-refractivity contribution in [3.05, 3.63) is 54.2 Å². The Morgan fingerprint density at radius 2 is 2.11 bits per heavy atom. The van der Waals surface area contributed by atoms with Gasteiger partial charge in [-0.25, -0.2) is 4.98 Å². The number of nitrogens with zero attached hydrogens (tertiary/aromatic N) is 4. The zero-order chi connectivity index (χ0) is 12.5. The van der Waals surface area contributed by atoms with Gasteiger partial charge in [-0.1, -0.05) is 0 Å². The highest BCUT2D eigenvalue weighted by Crippen LogP contribution is 2.22. The third-order valence-electron chi connectivity index (χ3n) is 2.82. The highest BCUT2D eigenvalue weighted by molar-refractivity contribution is 5.70. The summed E-state index contributed by atoms with van der Waals surface area (Å²) < 4.78 is 1.96. The van der Waals surface area contributed by atoms with Gasteiger partial charge in [0.25, 0.3) is 0 Å². The molecule has 0 fully saturated rings. The van der Waals surface area contributed by atoms with Crippen LogP contribution in [0.3, 0.4) is 0 Å².